The molecule has 1 aliphatic heterocycles. The summed E-state index contributed by atoms with van der Waals surface area (Å²) in [4.78, 5) is 18.4. The van der Waals surface area contributed by atoms with Crippen LogP contribution in [-0.2, 0) is 9.78 Å². The van der Waals surface area contributed by atoms with Crippen molar-refractivity contribution >= 4 is 15.9 Å². The molecule has 0 fully saturated rings. The van der Waals surface area contributed by atoms with Crippen LogP contribution in [0.2, 0.25) is 0 Å². The Morgan fingerprint density at radius 1 is 1.80 bits per heavy atom. The van der Waals surface area contributed by atoms with Gasteiger partial charge in [0, 0.05) is 26.9 Å². The highest BCUT2D eigenvalue weighted by molar-refractivity contribution is 9.10. The molecule has 0 amide bonds. The van der Waals surface area contributed by atoms with Gasteiger partial charge in [0.25, 0.3) is 0 Å². The van der Waals surface area contributed by atoms with Gasteiger partial charge in [-0.15, -0.1) is 0 Å². The van der Waals surface area contributed by atoms with E-state index in [4.69, 9.17) is 0 Å². The lowest BCUT2D eigenvalue weighted by Gasteiger charge is -2.16. The van der Waals surface area contributed by atoms with Crippen molar-refractivity contribution in [1.29, 1.82) is 0 Å². The first-order valence-electron chi connectivity index (χ1n) is 2.44. The van der Waals surface area contributed by atoms with Gasteiger partial charge < -0.3 is 4.89 Å². The van der Waals surface area contributed by atoms with Crippen molar-refractivity contribution in [3.8, 4) is 0 Å². The second-order valence-corrected chi connectivity index (χ2v) is 3.11. The number of rotatable bonds is 1. The molecule has 0 aliphatic carbocycles. The molecule has 0 aromatic heterocycles. The second-order valence-electron chi connectivity index (χ2n) is 1.74. The number of alkyl halides is 1. The first kappa shape index (κ1) is 7.49. The van der Waals surface area contributed by atoms with Crippen molar-refractivity contribution in [3.05, 3.63) is 22.5 Å². The first-order chi connectivity index (χ1) is 4.65. The van der Waals surface area contributed by atoms with Crippen LogP contribution in [0.4, 0.5) is 0 Å². The van der Waals surface area contributed by atoms with Crippen molar-refractivity contribution in [2.75, 3.05) is 6.61 Å². The first-order valence-corrected chi connectivity index (χ1v) is 3.24. The van der Waals surface area contributed by atoms with Crippen LogP contribution in [0.15, 0.2) is 12.3 Å². The van der Waals surface area contributed by atoms with Crippen LogP contribution in [-0.4, -0.2) is 16.0 Å². The topological polar surface area (TPSA) is 61.6 Å². The van der Waals surface area contributed by atoms with E-state index < -0.39 is 9.37 Å². The molecular formula is C4H4BrNO4. The molecule has 0 spiro atoms. The van der Waals surface area contributed by atoms with Gasteiger partial charge in [0.1, 0.15) is 6.26 Å². The number of halogens is 1. The lowest BCUT2D eigenvalue weighted by molar-refractivity contribution is -0.538. The van der Waals surface area contributed by atoms with Crippen molar-refractivity contribution < 1.29 is 14.7 Å². The molecule has 5 nitrogen and oxygen atoms in total. The van der Waals surface area contributed by atoms with Crippen LogP contribution in [0.25, 0.3) is 0 Å². The zero-order valence-electron chi connectivity index (χ0n) is 4.82. The predicted molar refractivity (Wildman–Crippen MR) is 34.8 cm³/mol. The lowest BCUT2D eigenvalue weighted by atomic mass is 10.3. The van der Waals surface area contributed by atoms with Gasteiger partial charge in [-0.3, -0.25) is 10.1 Å². The second kappa shape index (κ2) is 2.55. The van der Waals surface area contributed by atoms with E-state index in [0.717, 1.165) is 6.26 Å². The Hall–Kier alpha value is -0.620. The van der Waals surface area contributed by atoms with Crippen LogP contribution in [0.5, 0.6) is 0 Å². The molecule has 1 unspecified atom stereocenters. The molecule has 0 N–H and O–H groups in total. The molecule has 0 aromatic carbocycles. The van der Waals surface area contributed by atoms with E-state index in [0.29, 0.717) is 0 Å². The van der Waals surface area contributed by atoms with Crippen molar-refractivity contribution in [3.63, 3.8) is 0 Å². The summed E-state index contributed by atoms with van der Waals surface area (Å²) in [5.74, 6) is 0. The minimum atomic E-state index is -1.31. The molecule has 0 radical (unpaired) electrons. The highest BCUT2D eigenvalue weighted by Crippen LogP contribution is 2.23. The summed E-state index contributed by atoms with van der Waals surface area (Å²) in [7, 11) is 0. The molecule has 0 bridgehead atoms. The highest BCUT2D eigenvalue weighted by atomic mass is 79.9. The van der Waals surface area contributed by atoms with Crippen molar-refractivity contribution in [1.82, 2.24) is 0 Å². The smallest absolute Gasteiger partial charge is 0.323 e. The number of nitrogens with zero attached hydrogens (tertiary/aromatic N) is 1. The summed E-state index contributed by atoms with van der Waals surface area (Å²) in [5.41, 5.74) is 0. The van der Waals surface area contributed by atoms with Gasteiger partial charge in [-0.05, 0) is 0 Å². The monoisotopic (exact) mass is 209 g/mol. The van der Waals surface area contributed by atoms with Crippen LogP contribution < -0.4 is 0 Å². The Balaban J connectivity index is 2.75. The molecule has 1 aliphatic rings. The molecule has 56 valence electrons. The van der Waals surface area contributed by atoms with Gasteiger partial charge in [0.05, 0.1) is 0 Å². The Bertz CT molecular complexity index is 182. The molecule has 1 atom stereocenters. The summed E-state index contributed by atoms with van der Waals surface area (Å²) in [6.07, 6.45) is 2.40. The summed E-state index contributed by atoms with van der Waals surface area (Å²) in [5, 5.41) is 10.2. The molecule has 1 rings (SSSR count). The molecule has 1 heterocycles. The summed E-state index contributed by atoms with van der Waals surface area (Å²) in [6, 6.07) is 0. The number of hydrogen-bond donors (Lipinski definition) is 0. The van der Waals surface area contributed by atoms with Gasteiger partial charge in [-0.1, -0.05) is 0 Å². The van der Waals surface area contributed by atoms with Gasteiger partial charge in [0.2, 0.25) is 0 Å². The maximum Gasteiger partial charge on any atom is 0.323 e. The third-order valence-corrected chi connectivity index (χ3v) is 1.79. The normalized spacial score (nSPS) is 31.3. The summed E-state index contributed by atoms with van der Waals surface area (Å²) in [6.45, 7) is -0.128. The quantitative estimate of drug-likeness (QED) is 0.211. The SMILES string of the molecule is O=[N+]([O-])C1(Br)C=COOC1. The highest BCUT2D eigenvalue weighted by Gasteiger charge is 2.40. The van der Waals surface area contributed by atoms with E-state index in [1.807, 2.05) is 0 Å². The molecule has 0 aromatic rings. The summed E-state index contributed by atoms with van der Waals surface area (Å²) >= 11 is 2.87. The minimum Gasteiger partial charge on any atom is -0.345 e. The third-order valence-electron chi connectivity index (χ3n) is 1.01. The van der Waals surface area contributed by atoms with E-state index in [2.05, 4.69) is 25.7 Å². The molecule has 10 heavy (non-hydrogen) atoms. The fourth-order valence-corrected chi connectivity index (χ4v) is 0.651. The molecule has 0 saturated heterocycles. The van der Waals surface area contributed by atoms with Gasteiger partial charge in [0.15, 0.2) is 6.61 Å². The van der Waals surface area contributed by atoms with Gasteiger partial charge in [-0.25, -0.2) is 0 Å². The number of nitro groups is 1. The largest absolute Gasteiger partial charge is 0.345 e. The Morgan fingerprint density at radius 3 is 2.80 bits per heavy atom. The molecule has 0 saturated carbocycles. The van der Waals surface area contributed by atoms with E-state index in [9.17, 15) is 10.1 Å². The minimum absolute atomic E-state index is 0.128. The lowest BCUT2D eigenvalue weighted by Crippen LogP contribution is -2.36. The average Bonchev–Trinajstić information content (AvgIpc) is 1.89. The zero-order chi connectivity index (χ0) is 7.61. The van der Waals surface area contributed by atoms with E-state index in [-0.39, 0.29) is 6.61 Å². The van der Waals surface area contributed by atoms with E-state index >= 15 is 0 Å². The zero-order valence-corrected chi connectivity index (χ0v) is 6.41. The van der Waals surface area contributed by atoms with Crippen LogP contribution in [0.3, 0.4) is 0 Å². The van der Waals surface area contributed by atoms with Crippen molar-refractivity contribution in [2.45, 2.75) is 4.45 Å². The van der Waals surface area contributed by atoms with Gasteiger partial charge in [-0.2, -0.15) is 4.89 Å². The summed E-state index contributed by atoms with van der Waals surface area (Å²) < 4.78 is -1.31. The van der Waals surface area contributed by atoms with Crippen LogP contribution in [0, 0.1) is 10.1 Å². The van der Waals surface area contributed by atoms with E-state index in [1.165, 1.54) is 6.08 Å². The van der Waals surface area contributed by atoms with Crippen LogP contribution >= 0.6 is 15.9 Å². The maximum atomic E-state index is 10.2. The van der Waals surface area contributed by atoms with E-state index in [1.54, 1.807) is 0 Å². The Labute approximate surface area is 64.8 Å². The fraction of sp³-hybridized carbons (Fsp3) is 0.500. The Kier molecular flexibility index (Phi) is 1.91. The standard InChI is InChI=1S/C4H4BrNO4/c5-4(6(7)8)1-2-9-10-3-4/h1-2H,3H2. The fourth-order valence-electron chi connectivity index (χ4n) is 0.450. The van der Waals surface area contributed by atoms with Crippen molar-refractivity contribution in [2.24, 2.45) is 0 Å². The Morgan fingerprint density at radius 2 is 2.50 bits per heavy atom. The maximum absolute atomic E-state index is 10.2. The molecular weight excluding hydrogens is 206 g/mol. The third kappa shape index (κ3) is 1.27. The molecule has 6 heteroatoms. The van der Waals surface area contributed by atoms with Gasteiger partial charge >= 0.3 is 4.45 Å². The van der Waals surface area contributed by atoms with Crippen LogP contribution in [0.1, 0.15) is 0 Å². The number of hydrogen-bond acceptors (Lipinski definition) is 4. The average molecular weight is 210 g/mol. The predicted octanol–water partition coefficient (Wildman–Crippen LogP) is 0.830.